The van der Waals surface area contributed by atoms with Gasteiger partial charge in [0.25, 0.3) is 12.3 Å². The Morgan fingerprint density at radius 1 is 1.38 bits per heavy atom. The van der Waals surface area contributed by atoms with Crippen LogP contribution in [0.2, 0.25) is 0 Å². The Hall–Kier alpha value is -0.970. The molecule has 0 saturated heterocycles. The van der Waals surface area contributed by atoms with Crippen LogP contribution in [0.15, 0.2) is 18.2 Å². The lowest BCUT2D eigenvalue weighted by Crippen LogP contribution is -2.31. The van der Waals surface area contributed by atoms with Crippen molar-refractivity contribution in [3.05, 3.63) is 34.9 Å². The standard InChI is InChI=1S/C11H10BrF2NO/c12-9(10(13)14)7-2-1-6-3-4-15-11(16)8(6)5-7/h1-2,5,9-10H,3-4H2,(H,15,16). The fourth-order valence-corrected chi connectivity index (χ4v) is 2.03. The van der Waals surface area contributed by atoms with Crippen molar-refractivity contribution in [1.82, 2.24) is 5.32 Å². The first-order valence-electron chi connectivity index (χ1n) is 4.93. The van der Waals surface area contributed by atoms with Gasteiger partial charge in [-0.15, -0.1) is 0 Å². The Bertz CT molecular complexity index is 422. The van der Waals surface area contributed by atoms with E-state index in [4.69, 9.17) is 0 Å². The molecular weight excluding hydrogens is 280 g/mol. The molecule has 1 heterocycles. The number of hydrogen-bond acceptors (Lipinski definition) is 1. The molecule has 0 aliphatic carbocycles. The van der Waals surface area contributed by atoms with E-state index < -0.39 is 11.3 Å². The van der Waals surface area contributed by atoms with Gasteiger partial charge in [-0.1, -0.05) is 28.1 Å². The molecule has 1 aromatic rings. The van der Waals surface area contributed by atoms with Crippen LogP contribution in [-0.4, -0.2) is 18.9 Å². The molecule has 0 bridgehead atoms. The Kier molecular flexibility index (Phi) is 3.23. The molecule has 0 aromatic heterocycles. The third-order valence-electron chi connectivity index (χ3n) is 2.60. The van der Waals surface area contributed by atoms with Crippen LogP contribution in [0.5, 0.6) is 0 Å². The zero-order valence-corrected chi connectivity index (χ0v) is 9.93. The van der Waals surface area contributed by atoms with Crippen molar-refractivity contribution in [2.75, 3.05) is 6.54 Å². The van der Waals surface area contributed by atoms with Crippen molar-refractivity contribution in [2.24, 2.45) is 0 Å². The van der Waals surface area contributed by atoms with Gasteiger partial charge in [-0.3, -0.25) is 4.79 Å². The minimum absolute atomic E-state index is 0.183. The number of rotatable bonds is 2. The molecule has 86 valence electrons. The smallest absolute Gasteiger partial charge is 0.255 e. The van der Waals surface area contributed by atoms with E-state index in [0.717, 1.165) is 12.0 Å². The average molecular weight is 290 g/mol. The molecule has 0 saturated carbocycles. The minimum Gasteiger partial charge on any atom is -0.352 e. The van der Waals surface area contributed by atoms with Crippen LogP contribution in [0.25, 0.3) is 0 Å². The molecule has 1 aliphatic heterocycles. The fourth-order valence-electron chi connectivity index (χ4n) is 1.75. The first-order valence-corrected chi connectivity index (χ1v) is 5.84. The van der Waals surface area contributed by atoms with Crippen LogP contribution in [0.3, 0.4) is 0 Å². The molecule has 0 fully saturated rings. The molecule has 1 aliphatic rings. The number of fused-ring (bicyclic) bond motifs is 1. The third-order valence-corrected chi connectivity index (χ3v) is 3.53. The van der Waals surface area contributed by atoms with Crippen molar-refractivity contribution >= 4 is 21.8 Å². The lowest BCUT2D eigenvalue weighted by atomic mass is 9.97. The monoisotopic (exact) mass is 289 g/mol. The molecule has 5 heteroatoms. The maximum Gasteiger partial charge on any atom is 0.255 e. The summed E-state index contributed by atoms with van der Waals surface area (Å²) in [5, 5.41) is 2.69. The molecular formula is C11H10BrF2NO. The Morgan fingerprint density at radius 2 is 2.12 bits per heavy atom. The highest BCUT2D eigenvalue weighted by Gasteiger charge is 2.22. The van der Waals surface area contributed by atoms with Gasteiger partial charge in [0.15, 0.2) is 0 Å². The number of carbonyl (C=O) groups excluding carboxylic acids is 1. The van der Waals surface area contributed by atoms with Crippen LogP contribution < -0.4 is 5.32 Å². The van der Waals surface area contributed by atoms with Crippen LogP contribution >= 0.6 is 15.9 Å². The van der Waals surface area contributed by atoms with Gasteiger partial charge < -0.3 is 5.32 Å². The van der Waals surface area contributed by atoms with Gasteiger partial charge in [0.2, 0.25) is 0 Å². The summed E-state index contributed by atoms with van der Waals surface area (Å²) in [5.41, 5.74) is 1.86. The van der Waals surface area contributed by atoms with Crippen LogP contribution in [-0.2, 0) is 6.42 Å². The first-order chi connectivity index (χ1) is 7.59. The van der Waals surface area contributed by atoms with Gasteiger partial charge in [-0.05, 0) is 23.6 Å². The maximum absolute atomic E-state index is 12.5. The van der Waals surface area contributed by atoms with E-state index >= 15 is 0 Å². The molecule has 1 amide bonds. The highest BCUT2D eigenvalue weighted by atomic mass is 79.9. The Labute approximate surface area is 100 Å². The summed E-state index contributed by atoms with van der Waals surface area (Å²) >= 11 is 2.92. The number of alkyl halides is 3. The second-order valence-electron chi connectivity index (χ2n) is 3.66. The molecule has 2 rings (SSSR count). The van der Waals surface area contributed by atoms with E-state index in [1.807, 2.05) is 0 Å². The zero-order valence-electron chi connectivity index (χ0n) is 8.34. The number of nitrogens with one attached hydrogen (secondary N) is 1. The van der Waals surface area contributed by atoms with Gasteiger partial charge >= 0.3 is 0 Å². The highest BCUT2D eigenvalue weighted by molar-refractivity contribution is 9.09. The van der Waals surface area contributed by atoms with Crippen molar-refractivity contribution in [2.45, 2.75) is 17.7 Å². The summed E-state index contributed by atoms with van der Waals surface area (Å²) < 4.78 is 25.0. The number of benzene rings is 1. The lowest BCUT2D eigenvalue weighted by Gasteiger charge is -2.18. The van der Waals surface area contributed by atoms with E-state index in [1.165, 1.54) is 6.07 Å². The average Bonchev–Trinajstić information content (AvgIpc) is 2.28. The van der Waals surface area contributed by atoms with E-state index in [9.17, 15) is 13.6 Å². The molecule has 2 nitrogen and oxygen atoms in total. The predicted octanol–water partition coefficient (Wildman–Crippen LogP) is 2.67. The quantitative estimate of drug-likeness (QED) is 0.834. The minimum atomic E-state index is -2.48. The summed E-state index contributed by atoms with van der Waals surface area (Å²) in [4.78, 5) is 10.5. The van der Waals surface area contributed by atoms with Crippen molar-refractivity contribution < 1.29 is 13.6 Å². The van der Waals surface area contributed by atoms with E-state index in [-0.39, 0.29) is 5.91 Å². The lowest BCUT2D eigenvalue weighted by molar-refractivity contribution is 0.0945. The van der Waals surface area contributed by atoms with E-state index in [2.05, 4.69) is 21.2 Å². The second-order valence-corrected chi connectivity index (χ2v) is 4.65. The summed E-state index contributed by atoms with van der Waals surface area (Å²) in [6.45, 7) is 0.609. The maximum atomic E-state index is 12.5. The molecule has 1 unspecified atom stereocenters. The molecule has 1 aromatic carbocycles. The van der Waals surface area contributed by atoms with Gasteiger partial charge in [0.1, 0.15) is 4.83 Å². The van der Waals surface area contributed by atoms with Crippen molar-refractivity contribution in [3.63, 3.8) is 0 Å². The molecule has 16 heavy (non-hydrogen) atoms. The topological polar surface area (TPSA) is 29.1 Å². The Balaban J connectivity index is 2.37. The zero-order chi connectivity index (χ0) is 11.7. The number of carbonyl (C=O) groups is 1. The van der Waals surface area contributed by atoms with E-state index in [0.29, 0.717) is 17.7 Å². The fraction of sp³-hybridized carbons (Fsp3) is 0.364. The SMILES string of the molecule is O=C1NCCc2ccc(C(Br)C(F)F)cc21. The number of amides is 1. The number of halogens is 3. The number of hydrogen-bond donors (Lipinski definition) is 1. The highest BCUT2D eigenvalue weighted by Crippen LogP contribution is 2.31. The normalized spacial score (nSPS) is 16.9. The summed E-state index contributed by atoms with van der Waals surface area (Å²) in [7, 11) is 0. The summed E-state index contributed by atoms with van der Waals surface area (Å²) in [6.07, 6.45) is -1.73. The Morgan fingerprint density at radius 3 is 2.81 bits per heavy atom. The van der Waals surface area contributed by atoms with Crippen LogP contribution in [0.4, 0.5) is 8.78 Å². The van der Waals surface area contributed by atoms with Gasteiger partial charge in [0, 0.05) is 12.1 Å². The first kappa shape index (κ1) is 11.5. The molecule has 0 spiro atoms. The van der Waals surface area contributed by atoms with Crippen LogP contribution in [0.1, 0.15) is 26.3 Å². The van der Waals surface area contributed by atoms with Crippen molar-refractivity contribution in [1.29, 1.82) is 0 Å². The molecule has 1 N–H and O–H groups in total. The summed E-state index contributed by atoms with van der Waals surface area (Å²) in [6, 6.07) is 4.93. The largest absolute Gasteiger partial charge is 0.352 e. The van der Waals surface area contributed by atoms with Gasteiger partial charge in [0.05, 0.1) is 0 Å². The second kappa shape index (κ2) is 4.49. The third kappa shape index (κ3) is 2.09. The predicted molar refractivity (Wildman–Crippen MR) is 60.2 cm³/mol. The summed E-state index contributed by atoms with van der Waals surface area (Å²) in [5.74, 6) is -0.183. The van der Waals surface area contributed by atoms with E-state index in [1.54, 1.807) is 12.1 Å². The van der Waals surface area contributed by atoms with Gasteiger partial charge in [-0.25, -0.2) is 8.78 Å². The molecule has 1 atom stereocenters. The van der Waals surface area contributed by atoms with Crippen LogP contribution in [0, 0.1) is 0 Å². The molecule has 0 radical (unpaired) electrons. The van der Waals surface area contributed by atoms with Gasteiger partial charge in [-0.2, -0.15) is 0 Å². The van der Waals surface area contributed by atoms with Crippen molar-refractivity contribution in [3.8, 4) is 0 Å².